The van der Waals surface area contributed by atoms with Gasteiger partial charge in [0.1, 0.15) is 0 Å². The molecule has 0 aliphatic heterocycles. The van der Waals surface area contributed by atoms with Crippen LogP contribution in [0.2, 0.25) is 0 Å². The highest BCUT2D eigenvalue weighted by Crippen LogP contribution is 2.10. The van der Waals surface area contributed by atoms with Gasteiger partial charge in [-0.2, -0.15) is 0 Å². The van der Waals surface area contributed by atoms with Crippen molar-refractivity contribution in [2.45, 2.75) is 33.6 Å². The molecule has 0 bridgehead atoms. The van der Waals surface area contributed by atoms with Crippen LogP contribution in [0.25, 0.3) is 0 Å². The lowest BCUT2D eigenvalue weighted by Crippen LogP contribution is -2.22. The van der Waals surface area contributed by atoms with Gasteiger partial charge in [0.2, 0.25) is 0 Å². The van der Waals surface area contributed by atoms with Gasteiger partial charge in [0, 0.05) is 0 Å². The first kappa shape index (κ1) is 14.2. The molecule has 0 saturated carbocycles. The Morgan fingerprint density at radius 1 is 1.24 bits per heavy atom. The van der Waals surface area contributed by atoms with Gasteiger partial charge in [-0.05, 0) is 63.4 Å². The SMILES string of the molecule is Cc1ccc(CCNCCC(C)CN)c(C)c1. The summed E-state index contributed by atoms with van der Waals surface area (Å²) in [5.74, 6) is 0.628. The lowest BCUT2D eigenvalue weighted by atomic mass is 10.0. The van der Waals surface area contributed by atoms with Crippen molar-refractivity contribution in [3.8, 4) is 0 Å². The molecule has 0 amide bonds. The van der Waals surface area contributed by atoms with Gasteiger partial charge in [-0.1, -0.05) is 30.7 Å². The minimum absolute atomic E-state index is 0.628. The van der Waals surface area contributed by atoms with Gasteiger partial charge in [0.05, 0.1) is 0 Å². The Bertz CT molecular complexity index is 334. The van der Waals surface area contributed by atoms with E-state index in [0.29, 0.717) is 5.92 Å². The molecule has 2 heteroatoms. The maximum atomic E-state index is 5.58. The first-order valence-corrected chi connectivity index (χ1v) is 6.60. The van der Waals surface area contributed by atoms with Crippen LogP contribution in [0, 0.1) is 19.8 Å². The summed E-state index contributed by atoms with van der Waals surface area (Å²) in [6.45, 7) is 9.46. The van der Waals surface area contributed by atoms with Crippen LogP contribution in [0.1, 0.15) is 30.0 Å². The van der Waals surface area contributed by atoms with E-state index < -0.39 is 0 Å². The number of rotatable bonds is 7. The number of benzene rings is 1. The lowest BCUT2D eigenvalue weighted by Gasteiger charge is -2.10. The van der Waals surface area contributed by atoms with Crippen molar-refractivity contribution in [1.82, 2.24) is 5.32 Å². The molecule has 2 nitrogen and oxygen atoms in total. The largest absolute Gasteiger partial charge is 0.330 e. The minimum atomic E-state index is 0.628. The van der Waals surface area contributed by atoms with Gasteiger partial charge in [-0.3, -0.25) is 0 Å². The van der Waals surface area contributed by atoms with Crippen molar-refractivity contribution in [2.24, 2.45) is 11.7 Å². The van der Waals surface area contributed by atoms with Crippen LogP contribution >= 0.6 is 0 Å². The minimum Gasteiger partial charge on any atom is -0.330 e. The highest BCUT2D eigenvalue weighted by molar-refractivity contribution is 5.30. The predicted molar refractivity (Wildman–Crippen MR) is 75.3 cm³/mol. The second-order valence-electron chi connectivity index (χ2n) is 5.06. The van der Waals surface area contributed by atoms with E-state index >= 15 is 0 Å². The molecule has 0 aliphatic carbocycles. The zero-order chi connectivity index (χ0) is 12.7. The standard InChI is InChI=1S/C15H26N2/c1-12-4-5-15(14(3)10-12)7-9-17-8-6-13(2)11-16/h4-5,10,13,17H,6-9,11,16H2,1-3H3. The van der Waals surface area contributed by atoms with Crippen molar-refractivity contribution < 1.29 is 0 Å². The number of nitrogens with two attached hydrogens (primary N) is 1. The Hall–Kier alpha value is -0.860. The maximum Gasteiger partial charge on any atom is -0.000825 e. The fraction of sp³-hybridized carbons (Fsp3) is 0.600. The second kappa shape index (κ2) is 7.46. The van der Waals surface area contributed by atoms with Gasteiger partial charge in [0.25, 0.3) is 0 Å². The number of hydrogen-bond acceptors (Lipinski definition) is 2. The van der Waals surface area contributed by atoms with E-state index in [4.69, 9.17) is 5.73 Å². The molecule has 0 spiro atoms. The molecule has 0 heterocycles. The van der Waals surface area contributed by atoms with E-state index in [1.165, 1.54) is 23.1 Å². The monoisotopic (exact) mass is 234 g/mol. The molecule has 1 rings (SSSR count). The molecule has 0 saturated heterocycles. The molecule has 0 aromatic heterocycles. The number of hydrogen-bond donors (Lipinski definition) is 2. The van der Waals surface area contributed by atoms with E-state index in [-0.39, 0.29) is 0 Å². The van der Waals surface area contributed by atoms with E-state index in [0.717, 1.165) is 26.1 Å². The summed E-state index contributed by atoms with van der Waals surface area (Å²) in [5, 5.41) is 3.49. The summed E-state index contributed by atoms with van der Waals surface area (Å²) in [6.07, 6.45) is 2.28. The molecule has 1 unspecified atom stereocenters. The van der Waals surface area contributed by atoms with Gasteiger partial charge in [0.15, 0.2) is 0 Å². The van der Waals surface area contributed by atoms with Crippen molar-refractivity contribution >= 4 is 0 Å². The first-order chi connectivity index (χ1) is 8.13. The summed E-state index contributed by atoms with van der Waals surface area (Å²) in [5.41, 5.74) is 9.79. The molecular weight excluding hydrogens is 208 g/mol. The normalized spacial score (nSPS) is 12.7. The Balaban J connectivity index is 2.22. The molecule has 17 heavy (non-hydrogen) atoms. The summed E-state index contributed by atoms with van der Waals surface area (Å²) < 4.78 is 0. The molecule has 1 aromatic carbocycles. The van der Waals surface area contributed by atoms with Crippen molar-refractivity contribution in [3.05, 3.63) is 34.9 Å². The third-order valence-corrected chi connectivity index (χ3v) is 3.29. The second-order valence-corrected chi connectivity index (χ2v) is 5.06. The van der Waals surface area contributed by atoms with Crippen LogP contribution in [-0.4, -0.2) is 19.6 Å². The van der Waals surface area contributed by atoms with E-state index in [1.54, 1.807) is 0 Å². The molecule has 1 aromatic rings. The first-order valence-electron chi connectivity index (χ1n) is 6.60. The van der Waals surface area contributed by atoms with Gasteiger partial charge in [-0.25, -0.2) is 0 Å². The molecule has 0 radical (unpaired) electrons. The molecule has 96 valence electrons. The molecule has 1 atom stereocenters. The molecule has 0 aliphatic rings. The lowest BCUT2D eigenvalue weighted by molar-refractivity contribution is 0.511. The average Bonchev–Trinajstić information content (AvgIpc) is 2.30. The van der Waals surface area contributed by atoms with Crippen molar-refractivity contribution in [1.29, 1.82) is 0 Å². The Kier molecular flexibility index (Phi) is 6.23. The van der Waals surface area contributed by atoms with Crippen molar-refractivity contribution in [3.63, 3.8) is 0 Å². The quantitative estimate of drug-likeness (QED) is 0.711. The van der Waals surface area contributed by atoms with Gasteiger partial charge < -0.3 is 11.1 Å². The highest BCUT2D eigenvalue weighted by Gasteiger charge is 2.00. The van der Waals surface area contributed by atoms with Crippen LogP contribution in [0.3, 0.4) is 0 Å². The molecule has 3 N–H and O–H groups in total. The Morgan fingerprint density at radius 2 is 2.00 bits per heavy atom. The van der Waals surface area contributed by atoms with E-state index in [9.17, 15) is 0 Å². The molecular formula is C15H26N2. The van der Waals surface area contributed by atoms with Crippen LogP contribution in [0.4, 0.5) is 0 Å². The van der Waals surface area contributed by atoms with Crippen LogP contribution in [-0.2, 0) is 6.42 Å². The third-order valence-electron chi connectivity index (χ3n) is 3.29. The van der Waals surface area contributed by atoms with Crippen LogP contribution in [0.15, 0.2) is 18.2 Å². The number of aryl methyl sites for hydroxylation is 2. The fourth-order valence-electron chi connectivity index (χ4n) is 1.94. The number of nitrogens with one attached hydrogen (secondary N) is 1. The zero-order valence-corrected chi connectivity index (χ0v) is 11.4. The summed E-state index contributed by atoms with van der Waals surface area (Å²) in [6, 6.07) is 6.69. The van der Waals surface area contributed by atoms with Crippen LogP contribution < -0.4 is 11.1 Å². The molecule has 0 fully saturated rings. The van der Waals surface area contributed by atoms with Crippen LogP contribution in [0.5, 0.6) is 0 Å². The smallest absolute Gasteiger partial charge is 0.000825 e. The van der Waals surface area contributed by atoms with Gasteiger partial charge in [-0.15, -0.1) is 0 Å². The third kappa shape index (κ3) is 5.33. The van der Waals surface area contributed by atoms with Crippen molar-refractivity contribution in [2.75, 3.05) is 19.6 Å². The summed E-state index contributed by atoms with van der Waals surface area (Å²) >= 11 is 0. The fourth-order valence-corrected chi connectivity index (χ4v) is 1.94. The Morgan fingerprint density at radius 3 is 2.65 bits per heavy atom. The summed E-state index contributed by atoms with van der Waals surface area (Å²) in [7, 11) is 0. The maximum absolute atomic E-state index is 5.58. The topological polar surface area (TPSA) is 38.0 Å². The van der Waals surface area contributed by atoms with E-state index in [2.05, 4.69) is 44.3 Å². The Labute approximate surface area is 106 Å². The zero-order valence-electron chi connectivity index (χ0n) is 11.4. The predicted octanol–water partition coefficient (Wildman–Crippen LogP) is 2.42. The van der Waals surface area contributed by atoms with Gasteiger partial charge >= 0.3 is 0 Å². The highest BCUT2D eigenvalue weighted by atomic mass is 14.8. The summed E-state index contributed by atoms with van der Waals surface area (Å²) in [4.78, 5) is 0. The van der Waals surface area contributed by atoms with E-state index in [1.807, 2.05) is 0 Å². The average molecular weight is 234 g/mol.